The molecule has 0 aromatic heterocycles. The molecule has 0 aliphatic carbocycles. The van der Waals surface area contributed by atoms with Crippen molar-refractivity contribution in [3.05, 3.63) is 29.8 Å². The molecule has 0 bridgehead atoms. The van der Waals surface area contributed by atoms with Crippen LogP contribution in [-0.4, -0.2) is 30.1 Å². The van der Waals surface area contributed by atoms with Crippen molar-refractivity contribution < 1.29 is 18.0 Å². The molecule has 0 amide bonds. The lowest BCUT2D eigenvalue weighted by molar-refractivity contribution is 0.114. The summed E-state index contributed by atoms with van der Waals surface area (Å²) in [6.07, 6.45) is 1.63. The van der Waals surface area contributed by atoms with Crippen LogP contribution in [0.25, 0.3) is 0 Å². The van der Waals surface area contributed by atoms with Gasteiger partial charge in [-0.25, -0.2) is 0 Å². The van der Waals surface area contributed by atoms with Crippen molar-refractivity contribution in [3.8, 4) is 12.0 Å². The van der Waals surface area contributed by atoms with Gasteiger partial charge in [0.2, 0.25) is 0 Å². The Hall–Kier alpha value is -1.39. The van der Waals surface area contributed by atoms with E-state index in [1.165, 1.54) is 0 Å². The molecule has 1 rings (SSSR count). The predicted molar refractivity (Wildman–Crippen MR) is 67.9 cm³/mol. The first kappa shape index (κ1) is 14.7. The molecule has 6 heteroatoms. The summed E-state index contributed by atoms with van der Waals surface area (Å²) in [7, 11) is 2.06. The third-order valence-corrected chi connectivity index (χ3v) is 6.03. The van der Waals surface area contributed by atoms with E-state index in [1.54, 1.807) is 39.7 Å². The van der Waals surface area contributed by atoms with Crippen molar-refractivity contribution >= 4 is 8.80 Å². The molecule has 0 heterocycles. The van der Waals surface area contributed by atoms with E-state index in [-0.39, 0.29) is 5.54 Å². The Kier molecular flexibility index (Phi) is 5.31. The normalized spacial score (nSPS) is 12.8. The quantitative estimate of drug-likeness (QED) is 0.583. The van der Waals surface area contributed by atoms with Crippen LogP contribution < -0.4 is 4.74 Å². The van der Waals surface area contributed by atoms with Gasteiger partial charge in [0.15, 0.2) is 0 Å². The maximum atomic E-state index is 8.42. The molecule has 1 aromatic rings. The van der Waals surface area contributed by atoms with E-state index in [0.29, 0.717) is 5.75 Å². The molecule has 0 aliphatic rings. The van der Waals surface area contributed by atoms with Gasteiger partial charge in [-0.3, -0.25) is 0 Å². The molecule has 1 unspecified atom stereocenters. The van der Waals surface area contributed by atoms with Crippen LogP contribution in [0, 0.1) is 11.5 Å². The van der Waals surface area contributed by atoms with Crippen LogP contribution in [0.15, 0.2) is 24.3 Å². The van der Waals surface area contributed by atoms with Crippen LogP contribution in [0.3, 0.4) is 0 Å². The fourth-order valence-electron chi connectivity index (χ4n) is 1.86. The highest BCUT2D eigenvalue weighted by Crippen LogP contribution is 2.29. The minimum absolute atomic E-state index is 0.00589. The lowest BCUT2D eigenvalue weighted by atomic mass is 10.1. The van der Waals surface area contributed by atoms with Crippen LogP contribution in [0.4, 0.5) is 0 Å². The monoisotopic (exact) mass is 267 g/mol. The molecule has 0 radical (unpaired) electrons. The van der Waals surface area contributed by atoms with Gasteiger partial charge in [0, 0.05) is 21.3 Å². The van der Waals surface area contributed by atoms with Crippen LogP contribution in [0.2, 0.25) is 0 Å². The first-order valence-electron chi connectivity index (χ1n) is 5.45. The molecular weight excluding hydrogens is 250 g/mol. The second-order valence-corrected chi connectivity index (χ2v) is 7.00. The fraction of sp³-hybridized carbons (Fsp3) is 0.417. The highest BCUT2D eigenvalue weighted by molar-refractivity contribution is 6.62. The van der Waals surface area contributed by atoms with Crippen LogP contribution in [0.5, 0.6) is 5.75 Å². The van der Waals surface area contributed by atoms with Crippen molar-refractivity contribution in [2.45, 2.75) is 12.5 Å². The largest absolute Gasteiger partial charge is 0.507 e. The van der Waals surface area contributed by atoms with E-state index in [0.717, 1.165) is 5.56 Å². The third kappa shape index (κ3) is 2.89. The van der Waals surface area contributed by atoms with Crippen molar-refractivity contribution in [1.29, 1.82) is 5.26 Å². The average Bonchev–Trinajstić information content (AvgIpc) is 2.42. The zero-order valence-electron chi connectivity index (χ0n) is 11.0. The van der Waals surface area contributed by atoms with E-state index in [2.05, 4.69) is 0 Å². The van der Waals surface area contributed by atoms with Gasteiger partial charge < -0.3 is 18.0 Å². The minimum atomic E-state index is -2.70. The average molecular weight is 267 g/mol. The molecule has 98 valence electrons. The molecule has 1 aromatic carbocycles. The predicted octanol–water partition coefficient (Wildman–Crippen LogP) is 2.07. The lowest BCUT2D eigenvalue weighted by Crippen LogP contribution is -2.48. The molecule has 18 heavy (non-hydrogen) atoms. The van der Waals surface area contributed by atoms with Gasteiger partial charge in [-0.05, 0) is 17.7 Å². The molecule has 1 atom stereocenters. The van der Waals surface area contributed by atoms with Crippen molar-refractivity contribution in [3.63, 3.8) is 0 Å². The number of ether oxygens (including phenoxy) is 1. The molecule has 5 nitrogen and oxygen atoms in total. The first-order chi connectivity index (χ1) is 8.63. The second-order valence-electron chi connectivity index (χ2n) is 3.70. The number of nitrogens with zero attached hydrogens (tertiary/aromatic N) is 1. The van der Waals surface area contributed by atoms with Gasteiger partial charge in [-0.1, -0.05) is 19.1 Å². The minimum Gasteiger partial charge on any atom is -0.388 e. The number of nitriles is 1. The van der Waals surface area contributed by atoms with Gasteiger partial charge in [-0.2, -0.15) is 0 Å². The SMILES string of the molecule is CO[Si](OC)(OC)C(C)c1ccc(OC#N)cc1. The molecular formula is C12H17NO4Si. The zero-order valence-corrected chi connectivity index (χ0v) is 12.0. The van der Waals surface area contributed by atoms with Crippen LogP contribution >= 0.6 is 0 Å². The van der Waals surface area contributed by atoms with E-state index < -0.39 is 8.80 Å². The van der Waals surface area contributed by atoms with E-state index in [9.17, 15) is 0 Å². The fourth-order valence-corrected chi connectivity index (χ4v) is 4.02. The summed E-state index contributed by atoms with van der Waals surface area (Å²) in [6.45, 7) is 1.99. The Morgan fingerprint density at radius 1 is 1.06 bits per heavy atom. The standard InChI is InChI=1S/C12H17NO4Si/c1-10(18(14-2,15-3)16-4)11-5-7-12(8-6-11)17-9-13/h5-8,10H,1-4H3. The molecule has 0 N–H and O–H groups in total. The number of rotatable bonds is 6. The van der Waals surface area contributed by atoms with Crippen molar-refractivity contribution in [2.24, 2.45) is 0 Å². The van der Waals surface area contributed by atoms with E-state index in [4.69, 9.17) is 23.3 Å². The third-order valence-electron chi connectivity index (χ3n) is 2.93. The number of benzene rings is 1. The Labute approximate surface area is 108 Å². The molecule has 0 fully saturated rings. The Bertz CT molecular complexity index is 403. The summed E-state index contributed by atoms with van der Waals surface area (Å²) in [5.41, 5.74) is 1.01. The summed E-state index contributed by atoms with van der Waals surface area (Å²) in [5.74, 6) is 0.507. The second kappa shape index (κ2) is 6.52. The summed E-state index contributed by atoms with van der Waals surface area (Å²) in [5, 5.41) is 8.42. The van der Waals surface area contributed by atoms with Crippen LogP contribution in [0.1, 0.15) is 18.0 Å². The first-order valence-corrected chi connectivity index (χ1v) is 7.25. The topological polar surface area (TPSA) is 60.7 Å². The molecule has 0 spiro atoms. The summed E-state index contributed by atoms with van der Waals surface area (Å²) < 4.78 is 21.1. The van der Waals surface area contributed by atoms with Crippen molar-refractivity contribution in [2.75, 3.05) is 21.3 Å². The highest BCUT2D eigenvalue weighted by atomic mass is 28.4. The number of hydrogen-bond donors (Lipinski definition) is 0. The maximum absolute atomic E-state index is 8.42. The lowest BCUT2D eigenvalue weighted by Gasteiger charge is -2.30. The maximum Gasteiger partial charge on any atom is 0.507 e. The van der Waals surface area contributed by atoms with Gasteiger partial charge in [0.1, 0.15) is 5.75 Å². The Morgan fingerprint density at radius 2 is 1.56 bits per heavy atom. The van der Waals surface area contributed by atoms with Gasteiger partial charge in [0.25, 0.3) is 6.26 Å². The summed E-state index contributed by atoms with van der Waals surface area (Å²) in [4.78, 5) is 0. The highest BCUT2D eigenvalue weighted by Gasteiger charge is 2.45. The summed E-state index contributed by atoms with van der Waals surface area (Å²) in [6, 6.07) is 7.21. The van der Waals surface area contributed by atoms with Crippen LogP contribution in [-0.2, 0) is 13.3 Å². The van der Waals surface area contributed by atoms with E-state index >= 15 is 0 Å². The zero-order chi connectivity index (χ0) is 13.6. The Morgan fingerprint density at radius 3 is 1.94 bits per heavy atom. The smallest absolute Gasteiger partial charge is 0.388 e. The number of hydrogen-bond acceptors (Lipinski definition) is 5. The van der Waals surface area contributed by atoms with Gasteiger partial charge in [0.05, 0.1) is 5.54 Å². The Balaban J connectivity index is 2.95. The van der Waals surface area contributed by atoms with Gasteiger partial charge >= 0.3 is 8.80 Å². The molecule has 0 aliphatic heterocycles. The molecule has 0 saturated heterocycles. The van der Waals surface area contributed by atoms with E-state index in [1.807, 2.05) is 19.1 Å². The summed E-state index contributed by atoms with van der Waals surface area (Å²) >= 11 is 0. The van der Waals surface area contributed by atoms with Crippen molar-refractivity contribution in [1.82, 2.24) is 0 Å². The molecule has 0 saturated carbocycles. The van der Waals surface area contributed by atoms with Gasteiger partial charge in [-0.15, -0.1) is 5.26 Å².